The Morgan fingerprint density at radius 1 is 1.12 bits per heavy atom. The number of piperazine rings is 1. The van der Waals surface area contributed by atoms with Gasteiger partial charge in [-0.2, -0.15) is 21.6 Å². The number of methoxy groups -OCH3 is 2. The molecule has 0 bridgehead atoms. The standard InChI is InChI=1S/C24H30F3N5O7S/c1-13-10-17(29-14(2)18(13)22(34)38-7)31-8-9-32(23(4,5)12-31)21(33)16-11-28-20(19(30-16)15(3)37-6)39-40(35,36)24(25,26)27/h10-11,15H,8-9,12H2,1-7H3/t15-/m1/s1. The third-order valence-corrected chi connectivity index (χ3v) is 7.38. The first kappa shape index (κ1) is 31.0. The molecule has 2 aromatic heterocycles. The number of alkyl halides is 3. The number of amides is 1. The van der Waals surface area contributed by atoms with E-state index in [1.165, 1.54) is 26.0 Å². The Morgan fingerprint density at radius 3 is 2.30 bits per heavy atom. The second-order valence-electron chi connectivity index (χ2n) is 9.75. The van der Waals surface area contributed by atoms with Crippen molar-refractivity contribution in [3.05, 3.63) is 40.5 Å². The van der Waals surface area contributed by atoms with E-state index in [4.69, 9.17) is 9.47 Å². The predicted octanol–water partition coefficient (Wildman–Crippen LogP) is 2.95. The average molecular weight is 590 g/mol. The summed E-state index contributed by atoms with van der Waals surface area (Å²) in [4.78, 5) is 41.4. The molecule has 40 heavy (non-hydrogen) atoms. The SMILES string of the molecule is COC(=O)c1c(C)cc(N2CCN(C(=O)c3cnc(OS(=O)(=O)C(F)(F)F)c([C@@H](C)OC)n3)C(C)(C)C2)nc1C. The lowest BCUT2D eigenvalue weighted by Crippen LogP contribution is -2.61. The molecule has 16 heteroatoms. The van der Waals surface area contributed by atoms with Crippen LogP contribution < -0.4 is 9.08 Å². The zero-order valence-corrected chi connectivity index (χ0v) is 23.8. The molecule has 0 saturated carbocycles. The Bertz CT molecular complexity index is 1390. The first-order chi connectivity index (χ1) is 18.4. The number of ether oxygens (including phenoxy) is 2. The molecule has 0 radical (unpaired) electrons. The van der Waals surface area contributed by atoms with Crippen LogP contribution >= 0.6 is 0 Å². The smallest absolute Gasteiger partial charge is 0.465 e. The van der Waals surface area contributed by atoms with Gasteiger partial charge in [0.15, 0.2) is 0 Å². The van der Waals surface area contributed by atoms with Crippen molar-refractivity contribution in [2.75, 3.05) is 38.8 Å². The molecular weight excluding hydrogens is 559 g/mol. The number of aryl methyl sites for hydroxylation is 2. The van der Waals surface area contributed by atoms with E-state index in [0.29, 0.717) is 35.7 Å². The summed E-state index contributed by atoms with van der Waals surface area (Å²) in [5, 5.41) is 0. The van der Waals surface area contributed by atoms with Crippen LogP contribution in [0, 0.1) is 13.8 Å². The van der Waals surface area contributed by atoms with Gasteiger partial charge in [-0.25, -0.2) is 19.7 Å². The highest BCUT2D eigenvalue weighted by molar-refractivity contribution is 7.87. The van der Waals surface area contributed by atoms with Crippen LogP contribution in [0.5, 0.6) is 5.88 Å². The van der Waals surface area contributed by atoms with Gasteiger partial charge in [-0.1, -0.05) is 0 Å². The van der Waals surface area contributed by atoms with E-state index in [1.54, 1.807) is 19.9 Å². The van der Waals surface area contributed by atoms with E-state index in [-0.39, 0.29) is 12.2 Å². The molecule has 1 saturated heterocycles. The summed E-state index contributed by atoms with van der Waals surface area (Å²) < 4.78 is 75.7. The summed E-state index contributed by atoms with van der Waals surface area (Å²) in [6.45, 7) is 9.45. The lowest BCUT2D eigenvalue weighted by Gasteiger charge is -2.47. The van der Waals surface area contributed by atoms with Crippen LogP contribution in [-0.2, 0) is 19.6 Å². The van der Waals surface area contributed by atoms with Crippen molar-refractivity contribution in [2.24, 2.45) is 0 Å². The second-order valence-corrected chi connectivity index (χ2v) is 11.3. The molecule has 2 aromatic rings. The summed E-state index contributed by atoms with van der Waals surface area (Å²) in [5.74, 6) is -1.39. The fraction of sp³-hybridized carbons (Fsp3) is 0.542. The molecule has 0 aromatic carbocycles. The molecule has 1 fully saturated rings. The summed E-state index contributed by atoms with van der Waals surface area (Å²) in [5.41, 5.74) is -5.51. The number of hydrogen-bond donors (Lipinski definition) is 0. The maximum atomic E-state index is 13.5. The number of carbonyl (C=O) groups excluding carboxylic acids is 2. The number of pyridine rings is 1. The molecule has 12 nitrogen and oxygen atoms in total. The molecule has 3 rings (SSSR count). The quantitative estimate of drug-likeness (QED) is 0.267. The molecule has 220 valence electrons. The van der Waals surface area contributed by atoms with Gasteiger partial charge in [-0.05, 0) is 46.2 Å². The molecule has 0 aliphatic carbocycles. The molecule has 1 aliphatic heterocycles. The van der Waals surface area contributed by atoms with Gasteiger partial charge in [-0.15, -0.1) is 0 Å². The van der Waals surface area contributed by atoms with E-state index in [0.717, 1.165) is 6.20 Å². The predicted molar refractivity (Wildman–Crippen MR) is 135 cm³/mol. The Hall–Kier alpha value is -3.53. The summed E-state index contributed by atoms with van der Waals surface area (Å²) in [6, 6.07) is 1.77. The normalized spacial score (nSPS) is 16.4. The van der Waals surface area contributed by atoms with Gasteiger partial charge in [0.2, 0.25) is 0 Å². The molecule has 1 aliphatic rings. The fourth-order valence-electron chi connectivity index (χ4n) is 4.34. The number of carbonyl (C=O) groups is 2. The van der Waals surface area contributed by atoms with Crippen LogP contribution in [0.2, 0.25) is 0 Å². The number of halogens is 3. The van der Waals surface area contributed by atoms with E-state index in [1.807, 2.05) is 18.7 Å². The monoisotopic (exact) mass is 589 g/mol. The first-order valence-electron chi connectivity index (χ1n) is 12.0. The van der Waals surface area contributed by atoms with Gasteiger partial charge in [-0.3, -0.25) is 4.79 Å². The Kier molecular flexibility index (Phi) is 8.65. The van der Waals surface area contributed by atoms with Crippen molar-refractivity contribution in [1.29, 1.82) is 0 Å². The molecule has 0 N–H and O–H groups in total. The second kappa shape index (κ2) is 11.2. The number of anilines is 1. The zero-order chi connectivity index (χ0) is 30.2. The van der Waals surface area contributed by atoms with E-state index < -0.39 is 50.7 Å². The van der Waals surface area contributed by atoms with Gasteiger partial charge < -0.3 is 23.5 Å². The Labute approximate surface area is 229 Å². The number of esters is 1. The number of aromatic nitrogens is 3. The van der Waals surface area contributed by atoms with Gasteiger partial charge in [0.05, 0.1) is 30.1 Å². The van der Waals surface area contributed by atoms with E-state index in [2.05, 4.69) is 19.1 Å². The molecular formula is C24H30F3N5O7S. The van der Waals surface area contributed by atoms with Crippen LogP contribution in [0.4, 0.5) is 19.0 Å². The van der Waals surface area contributed by atoms with Crippen LogP contribution in [0.15, 0.2) is 12.3 Å². The number of nitrogens with zero attached hydrogens (tertiary/aromatic N) is 5. The lowest BCUT2D eigenvalue weighted by atomic mass is 9.97. The first-order valence-corrected chi connectivity index (χ1v) is 13.4. The van der Waals surface area contributed by atoms with Gasteiger partial charge in [0.1, 0.15) is 23.3 Å². The maximum Gasteiger partial charge on any atom is 0.534 e. The molecule has 1 amide bonds. The van der Waals surface area contributed by atoms with Gasteiger partial charge in [0, 0.05) is 26.7 Å². The Balaban J connectivity index is 1.89. The highest BCUT2D eigenvalue weighted by Crippen LogP contribution is 2.32. The summed E-state index contributed by atoms with van der Waals surface area (Å²) in [6.07, 6.45) is -0.188. The van der Waals surface area contributed by atoms with E-state index in [9.17, 15) is 31.2 Å². The van der Waals surface area contributed by atoms with Crippen LogP contribution in [0.3, 0.4) is 0 Å². The molecule has 1 atom stereocenters. The van der Waals surface area contributed by atoms with Crippen molar-refractivity contribution in [2.45, 2.75) is 51.8 Å². The zero-order valence-electron chi connectivity index (χ0n) is 23.0. The molecule has 0 spiro atoms. The van der Waals surface area contributed by atoms with Crippen LogP contribution in [-0.4, -0.2) is 85.0 Å². The number of hydrogen-bond acceptors (Lipinski definition) is 11. The topological polar surface area (TPSA) is 141 Å². The van der Waals surface area contributed by atoms with Crippen molar-refractivity contribution in [1.82, 2.24) is 19.9 Å². The minimum absolute atomic E-state index is 0.224. The van der Waals surface area contributed by atoms with Crippen LogP contribution in [0.25, 0.3) is 0 Å². The van der Waals surface area contributed by atoms with E-state index >= 15 is 0 Å². The highest BCUT2D eigenvalue weighted by atomic mass is 32.2. The minimum Gasteiger partial charge on any atom is -0.465 e. The molecule has 0 unspecified atom stereocenters. The summed E-state index contributed by atoms with van der Waals surface area (Å²) >= 11 is 0. The average Bonchev–Trinajstić information content (AvgIpc) is 2.86. The minimum atomic E-state index is -6.03. The number of rotatable bonds is 7. The summed E-state index contributed by atoms with van der Waals surface area (Å²) in [7, 11) is -3.51. The molecule has 3 heterocycles. The van der Waals surface area contributed by atoms with Crippen molar-refractivity contribution >= 4 is 27.8 Å². The third-order valence-electron chi connectivity index (χ3n) is 6.44. The van der Waals surface area contributed by atoms with Crippen molar-refractivity contribution in [3.63, 3.8) is 0 Å². The van der Waals surface area contributed by atoms with Crippen LogP contribution in [0.1, 0.15) is 64.7 Å². The lowest BCUT2D eigenvalue weighted by molar-refractivity contribution is -0.0502. The van der Waals surface area contributed by atoms with Crippen molar-refractivity contribution in [3.8, 4) is 5.88 Å². The largest absolute Gasteiger partial charge is 0.534 e. The van der Waals surface area contributed by atoms with Gasteiger partial charge >= 0.3 is 21.6 Å². The maximum absolute atomic E-state index is 13.5. The van der Waals surface area contributed by atoms with Gasteiger partial charge in [0.25, 0.3) is 11.8 Å². The Morgan fingerprint density at radius 2 is 1.77 bits per heavy atom. The van der Waals surface area contributed by atoms with Crippen molar-refractivity contribution < 1.29 is 44.8 Å². The fourth-order valence-corrected chi connectivity index (χ4v) is 4.77. The highest BCUT2D eigenvalue weighted by Gasteiger charge is 2.49. The third kappa shape index (κ3) is 6.11.